The van der Waals surface area contributed by atoms with E-state index in [2.05, 4.69) is 10.3 Å². The number of thioether (sulfide) groups is 1. The predicted octanol–water partition coefficient (Wildman–Crippen LogP) is 0.171. The predicted molar refractivity (Wildman–Crippen MR) is 64.3 cm³/mol. The van der Waals surface area contributed by atoms with Crippen LogP contribution in [0.25, 0.3) is 0 Å². The van der Waals surface area contributed by atoms with Crippen LogP contribution in [0.3, 0.4) is 0 Å². The van der Waals surface area contributed by atoms with E-state index in [1.165, 1.54) is 11.8 Å². The number of aliphatic imine (C=N–C) groups is 1. The SMILES string of the molecule is C[C@@H]1CC(=O)NC(S[C@H]2CCS(=O)(=O)C2)=N1. The first-order chi connectivity index (χ1) is 7.44. The van der Waals surface area contributed by atoms with E-state index in [9.17, 15) is 13.2 Å². The summed E-state index contributed by atoms with van der Waals surface area (Å²) in [5.41, 5.74) is 0. The highest BCUT2D eigenvalue weighted by Gasteiger charge is 2.30. The summed E-state index contributed by atoms with van der Waals surface area (Å²) in [5, 5.41) is 3.29. The van der Waals surface area contributed by atoms with Gasteiger partial charge in [-0.15, -0.1) is 0 Å². The van der Waals surface area contributed by atoms with E-state index >= 15 is 0 Å². The third-order valence-electron chi connectivity index (χ3n) is 2.53. The Morgan fingerprint density at radius 3 is 2.81 bits per heavy atom. The van der Waals surface area contributed by atoms with E-state index in [-0.39, 0.29) is 28.7 Å². The first kappa shape index (κ1) is 11.9. The highest BCUT2D eigenvalue weighted by atomic mass is 32.2. The molecule has 1 amide bonds. The molecule has 0 unspecified atom stereocenters. The zero-order valence-electron chi connectivity index (χ0n) is 8.97. The van der Waals surface area contributed by atoms with Crippen LogP contribution in [-0.2, 0) is 14.6 Å². The van der Waals surface area contributed by atoms with E-state index in [1.807, 2.05) is 6.92 Å². The minimum absolute atomic E-state index is 0.00531. The molecule has 90 valence electrons. The molecule has 0 bridgehead atoms. The highest BCUT2D eigenvalue weighted by molar-refractivity contribution is 8.15. The molecule has 2 aliphatic heterocycles. The van der Waals surface area contributed by atoms with Gasteiger partial charge in [0.05, 0.1) is 17.5 Å². The van der Waals surface area contributed by atoms with Crippen molar-refractivity contribution in [3.05, 3.63) is 0 Å². The number of nitrogens with one attached hydrogen (secondary N) is 1. The maximum atomic E-state index is 11.3. The molecule has 5 nitrogen and oxygen atoms in total. The van der Waals surface area contributed by atoms with E-state index in [1.54, 1.807) is 0 Å². The van der Waals surface area contributed by atoms with Gasteiger partial charge in [0.15, 0.2) is 15.0 Å². The zero-order valence-corrected chi connectivity index (χ0v) is 10.6. The summed E-state index contributed by atoms with van der Waals surface area (Å²) in [7, 11) is -2.86. The topological polar surface area (TPSA) is 75.6 Å². The third-order valence-corrected chi connectivity index (χ3v) is 5.68. The number of rotatable bonds is 1. The summed E-state index contributed by atoms with van der Waals surface area (Å²) in [4.78, 5) is 15.6. The summed E-state index contributed by atoms with van der Waals surface area (Å²) in [6.45, 7) is 1.88. The number of nitrogens with zero attached hydrogens (tertiary/aromatic N) is 1. The molecule has 2 aliphatic rings. The number of amides is 1. The third kappa shape index (κ3) is 2.98. The van der Waals surface area contributed by atoms with Gasteiger partial charge in [-0.1, -0.05) is 11.8 Å². The Morgan fingerprint density at radius 2 is 2.25 bits per heavy atom. The van der Waals surface area contributed by atoms with E-state index in [0.717, 1.165) is 0 Å². The van der Waals surface area contributed by atoms with Crippen molar-refractivity contribution >= 4 is 32.7 Å². The highest BCUT2D eigenvalue weighted by Crippen LogP contribution is 2.26. The molecule has 0 saturated carbocycles. The minimum atomic E-state index is -2.86. The lowest BCUT2D eigenvalue weighted by molar-refractivity contribution is -0.120. The number of hydrogen-bond donors (Lipinski definition) is 1. The molecule has 0 aromatic carbocycles. The second kappa shape index (κ2) is 4.37. The molecule has 16 heavy (non-hydrogen) atoms. The lowest BCUT2D eigenvalue weighted by atomic mass is 10.2. The molecular formula is C9H14N2O3S2. The van der Waals surface area contributed by atoms with Gasteiger partial charge in [0.25, 0.3) is 0 Å². The van der Waals surface area contributed by atoms with Crippen molar-refractivity contribution in [3.63, 3.8) is 0 Å². The van der Waals surface area contributed by atoms with E-state index < -0.39 is 9.84 Å². The lowest BCUT2D eigenvalue weighted by Gasteiger charge is -2.19. The normalized spacial score (nSPS) is 33.3. The summed E-state index contributed by atoms with van der Waals surface area (Å²) < 4.78 is 22.5. The summed E-state index contributed by atoms with van der Waals surface area (Å²) >= 11 is 1.38. The number of hydrogen-bond acceptors (Lipinski definition) is 5. The lowest BCUT2D eigenvalue weighted by Crippen LogP contribution is -2.36. The van der Waals surface area contributed by atoms with Gasteiger partial charge in [-0.05, 0) is 13.3 Å². The van der Waals surface area contributed by atoms with Crippen LogP contribution in [0.4, 0.5) is 0 Å². The molecule has 7 heteroatoms. The molecule has 0 radical (unpaired) electrons. The van der Waals surface area contributed by atoms with Crippen LogP contribution >= 0.6 is 11.8 Å². The summed E-state index contributed by atoms with van der Waals surface area (Å²) in [6.07, 6.45) is 1.06. The molecule has 2 rings (SSSR count). The first-order valence-electron chi connectivity index (χ1n) is 5.19. The van der Waals surface area contributed by atoms with Crippen LogP contribution in [0, 0.1) is 0 Å². The first-order valence-corrected chi connectivity index (χ1v) is 7.89. The Bertz CT molecular complexity index is 430. The van der Waals surface area contributed by atoms with Crippen LogP contribution in [-0.4, -0.2) is 42.3 Å². The largest absolute Gasteiger partial charge is 0.305 e. The molecular weight excluding hydrogens is 248 g/mol. The zero-order chi connectivity index (χ0) is 11.8. The van der Waals surface area contributed by atoms with Crippen molar-refractivity contribution in [1.82, 2.24) is 5.32 Å². The Balaban J connectivity index is 1.98. The Labute approximate surface area is 99.0 Å². The fraction of sp³-hybridized carbons (Fsp3) is 0.778. The fourth-order valence-corrected chi connectivity index (χ4v) is 5.34. The maximum absolute atomic E-state index is 11.3. The monoisotopic (exact) mass is 262 g/mol. The van der Waals surface area contributed by atoms with Crippen molar-refractivity contribution in [3.8, 4) is 0 Å². The molecule has 1 fully saturated rings. The van der Waals surface area contributed by atoms with Gasteiger partial charge in [0.2, 0.25) is 5.91 Å². The average Bonchev–Trinajstić information content (AvgIpc) is 2.43. The van der Waals surface area contributed by atoms with Crippen molar-refractivity contribution in [2.75, 3.05) is 11.5 Å². The van der Waals surface area contributed by atoms with Gasteiger partial charge in [-0.2, -0.15) is 0 Å². The van der Waals surface area contributed by atoms with Crippen molar-refractivity contribution in [2.24, 2.45) is 4.99 Å². The Kier molecular flexibility index (Phi) is 3.25. The average molecular weight is 262 g/mol. The molecule has 0 aromatic rings. The molecule has 1 N–H and O–H groups in total. The van der Waals surface area contributed by atoms with Gasteiger partial charge in [-0.3, -0.25) is 9.79 Å². The van der Waals surface area contributed by atoms with Gasteiger partial charge in [0, 0.05) is 11.7 Å². The summed E-state index contributed by atoms with van der Waals surface area (Å²) in [6, 6.07) is -0.00531. The number of amidine groups is 1. The van der Waals surface area contributed by atoms with Crippen LogP contribution in [0.5, 0.6) is 0 Å². The smallest absolute Gasteiger partial charge is 0.228 e. The molecule has 0 aromatic heterocycles. The van der Waals surface area contributed by atoms with E-state index in [0.29, 0.717) is 18.0 Å². The maximum Gasteiger partial charge on any atom is 0.228 e. The molecule has 1 saturated heterocycles. The standard InChI is InChI=1S/C9H14N2O3S2/c1-6-4-8(12)11-9(10-6)15-7-2-3-16(13,14)5-7/h6-7H,2-5H2,1H3,(H,10,11,12)/t6-,7+/m1/s1. The molecule has 2 heterocycles. The minimum Gasteiger partial charge on any atom is -0.305 e. The second-order valence-corrected chi connectivity index (χ2v) is 7.70. The van der Waals surface area contributed by atoms with Gasteiger partial charge >= 0.3 is 0 Å². The number of carbonyl (C=O) groups is 1. The summed E-state index contributed by atoms with van der Waals surface area (Å²) in [5.74, 6) is 0.411. The van der Waals surface area contributed by atoms with Gasteiger partial charge in [-0.25, -0.2) is 8.42 Å². The van der Waals surface area contributed by atoms with Gasteiger partial charge < -0.3 is 5.32 Å². The quantitative estimate of drug-likeness (QED) is 0.731. The van der Waals surface area contributed by atoms with Crippen molar-refractivity contribution < 1.29 is 13.2 Å². The number of carbonyl (C=O) groups excluding carboxylic acids is 1. The van der Waals surface area contributed by atoms with Crippen LogP contribution in [0.1, 0.15) is 19.8 Å². The Morgan fingerprint density at radius 1 is 1.50 bits per heavy atom. The Hall–Kier alpha value is -0.560. The van der Waals surface area contributed by atoms with Crippen LogP contribution in [0.15, 0.2) is 4.99 Å². The second-order valence-electron chi connectivity index (χ2n) is 4.18. The molecule has 0 aliphatic carbocycles. The molecule has 2 atom stereocenters. The van der Waals surface area contributed by atoms with Crippen LogP contribution < -0.4 is 5.32 Å². The number of sulfone groups is 1. The fourth-order valence-electron chi connectivity index (χ4n) is 1.79. The van der Waals surface area contributed by atoms with E-state index in [4.69, 9.17) is 0 Å². The van der Waals surface area contributed by atoms with Gasteiger partial charge in [0.1, 0.15) is 0 Å². The van der Waals surface area contributed by atoms with Crippen LogP contribution in [0.2, 0.25) is 0 Å². The van der Waals surface area contributed by atoms with Crippen molar-refractivity contribution in [2.45, 2.75) is 31.1 Å². The van der Waals surface area contributed by atoms with Crippen molar-refractivity contribution in [1.29, 1.82) is 0 Å². The molecule has 0 spiro atoms.